The van der Waals surface area contributed by atoms with Gasteiger partial charge in [-0.2, -0.15) is 0 Å². The summed E-state index contributed by atoms with van der Waals surface area (Å²) in [5.74, 6) is 1.36. The van der Waals surface area contributed by atoms with E-state index < -0.39 is 11.0 Å². The molecule has 6 rings (SSSR count). The summed E-state index contributed by atoms with van der Waals surface area (Å²) in [6, 6.07) is 3.64. The van der Waals surface area contributed by atoms with Gasteiger partial charge in [0.25, 0.3) is 0 Å². The molecule has 0 radical (unpaired) electrons. The van der Waals surface area contributed by atoms with Gasteiger partial charge >= 0.3 is 0 Å². The van der Waals surface area contributed by atoms with Crippen molar-refractivity contribution >= 4 is 5.91 Å². The van der Waals surface area contributed by atoms with Gasteiger partial charge in [-0.15, -0.1) is 0 Å². The first-order chi connectivity index (χ1) is 15.9. The number of ether oxygens (including phenoxy) is 1. The number of aromatic hydroxyl groups is 1. The molecule has 2 heterocycles. The Bertz CT molecular complexity index is 1050. The van der Waals surface area contributed by atoms with E-state index in [9.17, 15) is 15.0 Å². The van der Waals surface area contributed by atoms with E-state index in [1.807, 2.05) is 32.2 Å². The van der Waals surface area contributed by atoms with Gasteiger partial charge in [-0.1, -0.05) is 24.3 Å². The molecule has 2 bridgehead atoms. The van der Waals surface area contributed by atoms with Crippen LogP contribution in [0.25, 0.3) is 0 Å². The van der Waals surface area contributed by atoms with Crippen LogP contribution < -0.4 is 4.74 Å². The van der Waals surface area contributed by atoms with E-state index in [4.69, 9.17) is 4.74 Å². The van der Waals surface area contributed by atoms with Crippen LogP contribution in [0.4, 0.5) is 0 Å². The van der Waals surface area contributed by atoms with Crippen LogP contribution in [-0.4, -0.2) is 69.8 Å². The molecule has 2 aliphatic heterocycles. The number of hydrogen-bond donors (Lipinski definition) is 2. The van der Waals surface area contributed by atoms with Gasteiger partial charge in [0.1, 0.15) is 6.10 Å². The fourth-order valence-electron chi connectivity index (χ4n) is 7.38. The number of carbonyl (C=O) groups excluding carboxylic acids is 1. The zero-order chi connectivity index (χ0) is 23.0. The highest BCUT2D eigenvalue weighted by Gasteiger charge is 2.73. The van der Waals surface area contributed by atoms with Crippen LogP contribution in [0.2, 0.25) is 0 Å². The number of piperidine rings is 1. The topological polar surface area (TPSA) is 73.2 Å². The summed E-state index contributed by atoms with van der Waals surface area (Å²) in [4.78, 5) is 17.3. The Morgan fingerprint density at radius 1 is 1.27 bits per heavy atom. The number of nitrogens with zero attached hydrogens (tertiary/aromatic N) is 2. The minimum Gasteiger partial charge on any atom is -0.504 e. The van der Waals surface area contributed by atoms with Gasteiger partial charge in [-0.25, -0.2) is 0 Å². The van der Waals surface area contributed by atoms with Gasteiger partial charge in [-0.05, 0) is 69.5 Å². The molecule has 1 amide bonds. The molecule has 1 saturated heterocycles. The van der Waals surface area contributed by atoms with Gasteiger partial charge in [-0.3, -0.25) is 9.69 Å². The summed E-state index contributed by atoms with van der Waals surface area (Å²) in [5.41, 5.74) is 0.678. The van der Waals surface area contributed by atoms with Crippen molar-refractivity contribution in [2.75, 3.05) is 20.1 Å². The molecule has 3 fully saturated rings. The lowest BCUT2D eigenvalue weighted by Gasteiger charge is -2.64. The lowest BCUT2D eigenvalue weighted by atomic mass is 9.48. The monoisotopic (exact) mass is 450 g/mol. The largest absolute Gasteiger partial charge is 0.504 e. The van der Waals surface area contributed by atoms with Gasteiger partial charge in [0.05, 0.1) is 17.1 Å². The molecule has 6 nitrogen and oxygen atoms in total. The SMILES string of the molecule is CC=CC=CC(=O)N(C)C1CC[C@@]2(O)[C@H]3Cc4ccc(O)c5c4[C@@]2(CCN3CC2CC2)C1O5. The summed E-state index contributed by atoms with van der Waals surface area (Å²) >= 11 is 0. The number of benzene rings is 1. The maximum absolute atomic E-state index is 13.0. The summed E-state index contributed by atoms with van der Waals surface area (Å²) in [5, 5.41) is 23.2. The molecule has 3 aliphatic carbocycles. The highest BCUT2D eigenvalue weighted by atomic mass is 16.5. The number of carbonyl (C=O) groups is 1. The molecule has 176 valence electrons. The quantitative estimate of drug-likeness (QED) is 0.533. The highest BCUT2D eigenvalue weighted by Crippen LogP contribution is 2.66. The number of rotatable bonds is 5. The average Bonchev–Trinajstić information content (AvgIpc) is 3.54. The van der Waals surface area contributed by atoms with Crippen LogP contribution in [-0.2, 0) is 16.6 Å². The second-order valence-corrected chi connectivity index (χ2v) is 10.7. The second-order valence-electron chi connectivity index (χ2n) is 10.7. The van der Waals surface area contributed by atoms with E-state index in [1.54, 1.807) is 23.1 Å². The fourth-order valence-corrected chi connectivity index (χ4v) is 7.38. The van der Waals surface area contributed by atoms with Crippen molar-refractivity contribution in [1.82, 2.24) is 9.80 Å². The first-order valence-corrected chi connectivity index (χ1v) is 12.5. The molecule has 2 N–H and O–H groups in total. The van der Waals surface area contributed by atoms with Crippen LogP contribution in [0.1, 0.15) is 50.2 Å². The van der Waals surface area contributed by atoms with Gasteiger partial charge in [0.15, 0.2) is 11.5 Å². The standard InChI is InChI=1S/C27H34N2O4/c1-3-4-5-6-22(31)28(2)19-11-12-27(32)21-15-18-9-10-20(30)24-23(18)26(27,25(19)33-24)13-14-29(21)16-17-7-8-17/h3-6,9-10,17,19,21,25,30,32H,7-8,11-16H2,1-2H3/t19?,21-,25?,26+,27-/m1/s1. The number of phenolic OH excluding ortho intramolecular Hbond substituents is 1. The molecule has 2 unspecified atom stereocenters. The zero-order valence-corrected chi connectivity index (χ0v) is 19.5. The van der Waals surface area contributed by atoms with E-state index in [0.29, 0.717) is 18.6 Å². The molecule has 0 aromatic heterocycles. The Hall–Kier alpha value is -2.31. The van der Waals surface area contributed by atoms with Crippen molar-refractivity contribution in [2.45, 2.75) is 74.7 Å². The highest BCUT2D eigenvalue weighted by molar-refractivity contribution is 5.88. The molecular formula is C27H34N2O4. The Morgan fingerprint density at radius 2 is 2.09 bits per heavy atom. The van der Waals surface area contributed by atoms with E-state index in [1.165, 1.54) is 18.4 Å². The first-order valence-electron chi connectivity index (χ1n) is 12.5. The Morgan fingerprint density at radius 3 is 2.85 bits per heavy atom. The minimum atomic E-state index is -0.919. The van der Waals surface area contributed by atoms with E-state index in [0.717, 1.165) is 37.4 Å². The second kappa shape index (κ2) is 7.34. The normalized spacial score (nSPS) is 36.8. The molecule has 5 atom stereocenters. The summed E-state index contributed by atoms with van der Waals surface area (Å²) in [6.45, 7) is 3.90. The predicted octanol–water partition coefficient (Wildman–Crippen LogP) is 2.92. The number of allylic oxidation sites excluding steroid dienone is 3. The molecule has 1 spiro atoms. The Labute approximate surface area is 195 Å². The fraction of sp³-hybridized carbons (Fsp3) is 0.593. The summed E-state index contributed by atoms with van der Waals surface area (Å²) in [7, 11) is 1.84. The van der Waals surface area contributed by atoms with E-state index >= 15 is 0 Å². The van der Waals surface area contributed by atoms with Gasteiger partial charge < -0.3 is 19.8 Å². The predicted molar refractivity (Wildman–Crippen MR) is 125 cm³/mol. The van der Waals surface area contributed by atoms with Crippen LogP contribution >= 0.6 is 0 Å². The lowest BCUT2D eigenvalue weighted by Crippen LogP contribution is -2.78. The number of hydrogen-bond acceptors (Lipinski definition) is 5. The van der Waals surface area contributed by atoms with Crippen molar-refractivity contribution in [3.05, 3.63) is 47.6 Å². The van der Waals surface area contributed by atoms with E-state index in [2.05, 4.69) is 4.90 Å². The van der Waals surface area contributed by atoms with Gasteiger partial charge in [0, 0.05) is 31.3 Å². The van der Waals surface area contributed by atoms with Crippen molar-refractivity contribution < 1.29 is 19.7 Å². The number of amides is 1. The maximum atomic E-state index is 13.0. The molecule has 1 aromatic carbocycles. The minimum absolute atomic E-state index is 0.0532. The summed E-state index contributed by atoms with van der Waals surface area (Å²) < 4.78 is 6.55. The molecule has 1 aromatic rings. The number of phenols is 1. The van der Waals surface area contributed by atoms with Gasteiger partial charge in [0.2, 0.25) is 5.91 Å². The van der Waals surface area contributed by atoms with Crippen molar-refractivity contribution in [3.8, 4) is 11.5 Å². The zero-order valence-electron chi connectivity index (χ0n) is 19.5. The van der Waals surface area contributed by atoms with Crippen LogP contribution in [0, 0.1) is 5.92 Å². The molecule has 2 saturated carbocycles. The number of aliphatic hydroxyl groups is 1. The molecule has 5 aliphatic rings. The van der Waals surface area contributed by atoms with Crippen LogP contribution in [0.3, 0.4) is 0 Å². The lowest BCUT2D eigenvalue weighted by molar-refractivity contribution is -0.200. The smallest absolute Gasteiger partial charge is 0.246 e. The third kappa shape index (κ3) is 2.83. The molecular weight excluding hydrogens is 416 g/mol. The van der Waals surface area contributed by atoms with Crippen LogP contribution in [0.5, 0.6) is 11.5 Å². The maximum Gasteiger partial charge on any atom is 0.246 e. The third-order valence-electron chi connectivity index (χ3n) is 9.12. The Kier molecular flexibility index (Phi) is 4.73. The number of likely N-dealkylation sites (tertiary alicyclic amines) is 1. The number of likely N-dealkylation sites (N-methyl/N-ethyl adjacent to an activating group) is 1. The Balaban J connectivity index is 1.43. The van der Waals surface area contributed by atoms with Crippen molar-refractivity contribution in [3.63, 3.8) is 0 Å². The van der Waals surface area contributed by atoms with Crippen molar-refractivity contribution in [2.24, 2.45) is 5.92 Å². The van der Waals surface area contributed by atoms with Crippen molar-refractivity contribution in [1.29, 1.82) is 0 Å². The third-order valence-corrected chi connectivity index (χ3v) is 9.12. The molecule has 6 heteroatoms. The summed E-state index contributed by atoms with van der Waals surface area (Å²) in [6.07, 6.45) is 12.2. The molecule has 33 heavy (non-hydrogen) atoms. The average molecular weight is 451 g/mol. The van der Waals surface area contributed by atoms with E-state index in [-0.39, 0.29) is 29.8 Å². The van der Waals surface area contributed by atoms with Crippen LogP contribution in [0.15, 0.2) is 36.4 Å². The first kappa shape index (κ1) is 21.2.